The molecule has 0 N–H and O–H groups in total. The molecule has 0 spiro atoms. The minimum absolute atomic E-state index is 0.00385. The summed E-state index contributed by atoms with van der Waals surface area (Å²) >= 11 is 6.33. The van der Waals surface area contributed by atoms with Gasteiger partial charge in [0, 0.05) is 30.2 Å². The zero-order chi connectivity index (χ0) is 26.8. The highest BCUT2D eigenvalue weighted by atomic mass is 35.5. The van der Waals surface area contributed by atoms with Crippen LogP contribution in [0.15, 0.2) is 49.2 Å². The molecule has 2 aromatic heterocycles. The Morgan fingerprint density at radius 3 is 2.74 bits per heavy atom. The molecule has 0 radical (unpaired) electrons. The molecule has 7 rings (SSSR count). The molecule has 2 atom stereocenters. The van der Waals surface area contributed by atoms with E-state index in [1.165, 1.54) is 12.1 Å². The molecule has 10 heteroatoms. The van der Waals surface area contributed by atoms with Gasteiger partial charge in [-0.25, -0.2) is 8.78 Å². The standard InChI is InChI=1S/C29H24ClF2N5O2/c1-2-22(38)36-12-11-20-21(36)14-37(20)28-18-13-33-26(17-8-3-5-15-9-10-19(31)24(30)23(15)17)25(32)27(18)34-29(35-28)39-16-6-4-7-16/h2-3,5,8-10,13,16,20-21H,1,4,6-7,11-12,14H2/t20-,21-/m1/s1. The number of carbonyl (C=O) groups excluding carboxylic acids is 1. The van der Waals surface area contributed by atoms with Crippen LogP contribution < -0.4 is 9.64 Å². The van der Waals surface area contributed by atoms with Crippen molar-refractivity contribution in [3.05, 3.63) is 65.8 Å². The highest BCUT2D eigenvalue weighted by molar-refractivity contribution is 6.36. The quantitative estimate of drug-likeness (QED) is 0.299. The number of amides is 1. The van der Waals surface area contributed by atoms with E-state index in [9.17, 15) is 9.18 Å². The Hall–Kier alpha value is -3.85. The highest BCUT2D eigenvalue weighted by Gasteiger charge is 2.49. The van der Waals surface area contributed by atoms with Gasteiger partial charge in [0.2, 0.25) is 5.91 Å². The van der Waals surface area contributed by atoms with Crippen molar-refractivity contribution in [2.75, 3.05) is 18.0 Å². The first-order valence-electron chi connectivity index (χ1n) is 13.0. The summed E-state index contributed by atoms with van der Waals surface area (Å²) in [6, 6.07) is 8.30. The van der Waals surface area contributed by atoms with Gasteiger partial charge in [0.25, 0.3) is 0 Å². The Morgan fingerprint density at radius 2 is 1.97 bits per heavy atom. The molecule has 4 aromatic rings. The van der Waals surface area contributed by atoms with Crippen LogP contribution in [-0.2, 0) is 4.79 Å². The van der Waals surface area contributed by atoms with E-state index in [0.717, 1.165) is 25.7 Å². The summed E-state index contributed by atoms with van der Waals surface area (Å²) in [6.45, 7) is 4.79. The fraction of sp³-hybridized carbons (Fsp3) is 0.310. The molecule has 4 heterocycles. The van der Waals surface area contributed by atoms with Gasteiger partial charge in [-0.3, -0.25) is 9.78 Å². The molecule has 2 aliphatic heterocycles. The number of hydrogen-bond acceptors (Lipinski definition) is 6. The van der Waals surface area contributed by atoms with Crippen molar-refractivity contribution in [3.8, 4) is 17.3 Å². The molecule has 2 aromatic carbocycles. The molecule has 39 heavy (non-hydrogen) atoms. The summed E-state index contributed by atoms with van der Waals surface area (Å²) in [7, 11) is 0. The number of nitrogens with zero attached hydrogens (tertiary/aromatic N) is 5. The first-order valence-corrected chi connectivity index (χ1v) is 13.4. The van der Waals surface area contributed by atoms with Crippen molar-refractivity contribution in [2.24, 2.45) is 0 Å². The van der Waals surface area contributed by atoms with Crippen molar-refractivity contribution in [3.63, 3.8) is 0 Å². The summed E-state index contributed by atoms with van der Waals surface area (Å²) in [5.74, 6) is -0.810. The second-order valence-corrected chi connectivity index (χ2v) is 10.6. The lowest BCUT2D eigenvalue weighted by Gasteiger charge is -2.47. The predicted molar refractivity (Wildman–Crippen MR) is 145 cm³/mol. The Morgan fingerprint density at radius 1 is 1.13 bits per heavy atom. The van der Waals surface area contributed by atoms with Crippen molar-refractivity contribution in [2.45, 2.75) is 43.9 Å². The first kappa shape index (κ1) is 24.2. The van der Waals surface area contributed by atoms with Crippen LogP contribution in [0.5, 0.6) is 6.01 Å². The molecular formula is C29H24ClF2N5O2. The molecule has 3 fully saturated rings. The number of fused-ring (bicyclic) bond motifs is 3. The topological polar surface area (TPSA) is 71.5 Å². The predicted octanol–water partition coefficient (Wildman–Crippen LogP) is 5.68. The number of rotatable bonds is 5. The number of hydrogen-bond donors (Lipinski definition) is 0. The van der Waals surface area contributed by atoms with Crippen LogP contribution in [0.3, 0.4) is 0 Å². The number of ether oxygens (including phenoxy) is 1. The van der Waals surface area contributed by atoms with Gasteiger partial charge in [0.05, 0.1) is 22.5 Å². The molecule has 198 valence electrons. The maximum atomic E-state index is 16.3. The second kappa shape index (κ2) is 9.12. The smallest absolute Gasteiger partial charge is 0.319 e. The minimum atomic E-state index is -0.658. The van der Waals surface area contributed by atoms with Gasteiger partial charge in [-0.05, 0) is 43.2 Å². The fourth-order valence-electron chi connectivity index (χ4n) is 5.88. The molecule has 1 aliphatic carbocycles. The van der Waals surface area contributed by atoms with Crippen molar-refractivity contribution in [1.29, 1.82) is 0 Å². The molecular weight excluding hydrogens is 524 g/mol. The molecule has 1 amide bonds. The number of aromatic nitrogens is 3. The zero-order valence-electron chi connectivity index (χ0n) is 20.9. The lowest BCUT2D eigenvalue weighted by atomic mass is 9.96. The van der Waals surface area contributed by atoms with Gasteiger partial charge in [-0.1, -0.05) is 42.4 Å². The van der Waals surface area contributed by atoms with Crippen LogP contribution >= 0.6 is 11.6 Å². The van der Waals surface area contributed by atoms with Gasteiger partial charge in [-0.2, -0.15) is 9.97 Å². The van der Waals surface area contributed by atoms with Gasteiger partial charge in [0.15, 0.2) is 5.82 Å². The Labute approximate surface area is 228 Å². The largest absolute Gasteiger partial charge is 0.460 e. The zero-order valence-corrected chi connectivity index (χ0v) is 21.7. The van der Waals surface area contributed by atoms with Crippen LogP contribution in [0, 0.1) is 11.6 Å². The van der Waals surface area contributed by atoms with E-state index in [1.807, 2.05) is 4.90 Å². The number of carbonyl (C=O) groups is 1. The number of halogens is 3. The van der Waals surface area contributed by atoms with Gasteiger partial charge >= 0.3 is 6.01 Å². The second-order valence-electron chi connectivity index (χ2n) is 10.3. The van der Waals surface area contributed by atoms with Crippen LogP contribution in [0.4, 0.5) is 14.6 Å². The van der Waals surface area contributed by atoms with Crippen LogP contribution in [-0.4, -0.2) is 57.0 Å². The van der Waals surface area contributed by atoms with Crippen LogP contribution in [0.1, 0.15) is 25.7 Å². The third-order valence-corrected chi connectivity index (χ3v) is 8.55. The highest BCUT2D eigenvalue weighted by Crippen LogP contribution is 2.42. The minimum Gasteiger partial charge on any atom is -0.460 e. The monoisotopic (exact) mass is 547 g/mol. The maximum Gasteiger partial charge on any atom is 0.319 e. The summed E-state index contributed by atoms with van der Waals surface area (Å²) in [6.07, 6.45) is 6.51. The summed E-state index contributed by atoms with van der Waals surface area (Å²) in [4.78, 5) is 29.8. The van der Waals surface area contributed by atoms with E-state index < -0.39 is 11.6 Å². The number of likely N-dealkylation sites (tertiary alicyclic amines) is 1. The first-order chi connectivity index (χ1) is 18.9. The Kier molecular flexibility index (Phi) is 5.66. The maximum absolute atomic E-state index is 16.3. The van der Waals surface area contributed by atoms with E-state index in [1.54, 1.807) is 30.5 Å². The van der Waals surface area contributed by atoms with E-state index in [4.69, 9.17) is 21.3 Å². The molecule has 7 nitrogen and oxygen atoms in total. The number of benzene rings is 2. The lowest BCUT2D eigenvalue weighted by molar-refractivity contribution is -0.127. The van der Waals surface area contributed by atoms with Gasteiger partial charge in [-0.15, -0.1) is 0 Å². The Bertz CT molecular complexity index is 1680. The SMILES string of the molecule is C=CC(=O)N1CC[C@@H]2[C@H]1CN2c1nc(OC2CCC2)nc2c(F)c(-c3cccc4ccc(F)c(Cl)c34)ncc12. The van der Waals surface area contributed by atoms with Gasteiger partial charge in [0.1, 0.15) is 28.9 Å². The van der Waals surface area contributed by atoms with Crippen molar-refractivity contribution < 1.29 is 18.3 Å². The Balaban J connectivity index is 1.36. The van der Waals surface area contributed by atoms with E-state index in [-0.39, 0.29) is 46.3 Å². The van der Waals surface area contributed by atoms with Gasteiger partial charge < -0.3 is 14.5 Å². The molecule has 0 unspecified atom stereocenters. The van der Waals surface area contributed by atoms with E-state index in [0.29, 0.717) is 40.6 Å². The third kappa shape index (κ3) is 3.74. The van der Waals surface area contributed by atoms with E-state index in [2.05, 4.69) is 21.4 Å². The lowest BCUT2D eigenvalue weighted by Crippen LogP contribution is -2.63. The molecule has 3 aliphatic rings. The average molecular weight is 548 g/mol. The summed E-state index contributed by atoms with van der Waals surface area (Å²) in [5.41, 5.74) is 0.464. The third-order valence-electron chi connectivity index (χ3n) is 8.18. The number of pyridine rings is 1. The van der Waals surface area contributed by atoms with Crippen LogP contribution in [0.25, 0.3) is 32.9 Å². The normalized spacial score (nSPS) is 20.6. The average Bonchev–Trinajstić information content (AvgIpc) is 3.24. The van der Waals surface area contributed by atoms with Crippen molar-refractivity contribution >= 4 is 45.0 Å². The fourth-order valence-corrected chi connectivity index (χ4v) is 6.15. The molecule has 0 bridgehead atoms. The molecule has 2 saturated heterocycles. The van der Waals surface area contributed by atoms with E-state index >= 15 is 4.39 Å². The summed E-state index contributed by atoms with van der Waals surface area (Å²) < 4.78 is 36.8. The molecule has 1 saturated carbocycles. The number of anilines is 1. The van der Waals surface area contributed by atoms with Crippen molar-refractivity contribution in [1.82, 2.24) is 19.9 Å². The summed E-state index contributed by atoms with van der Waals surface area (Å²) in [5, 5.41) is 1.41. The van der Waals surface area contributed by atoms with Crippen LogP contribution in [0.2, 0.25) is 5.02 Å².